The first-order valence-electron chi connectivity index (χ1n) is 9.64. The highest BCUT2D eigenvalue weighted by Gasteiger charge is 2.34. The van der Waals surface area contributed by atoms with Gasteiger partial charge in [0, 0.05) is 18.7 Å². The van der Waals surface area contributed by atoms with Gasteiger partial charge in [0.1, 0.15) is 0 Å². The maximum absolute atomic E-state index is 13.4. The van der Waals surface area contributed by atoms with E-state index >= 15 is 0 Å². The van der Waals surface area contributed by atoms with Crippen LogP contribution in [0.25, 0.3) is 5.70 Å². The van der Waals surface area contributed by atoms with Crippen LogP contribution in [0.3, 0.4) is 0 Å². The smallest absolute Gasteiger partial charge is 0.282 e. The van der Waals surface area contributed by atoms with Crippen LogP contribution in [0.1, 0.15) is 12.5 Å². The van der Waals surface area contributed by atoms with Crippen LogP contribution in [0.5, 0.6) is 11.5 Å². The molecule has 0 N–H and O–H groups in total. The quantitative estimate of drug-likeness (QED) is 0.753. The van der Waals surface area contributed by atoms with E-state index in [4.69, 9.17) is 14.2 Å². The molecule has 1 fully saturated rings. The Hall–Kier alpha value is -3.32. The number of carbonyl (C=O) groups excluding carboxylic acids is 1. The maximum Gasteiger partial charge on any atom is 0.282 e. The molecule has 2 aromatic rings. The number of carbonyl (C=O) groups is 1. The third kappa shape index (κ3) is 3.13. The lowest BCUT2D eigenvalue weighted by atomic mass is 10.0. The molecule has 0 saturated carbocycles. The Labute approximate surface area is 168 Å². The van der Waals surface area contributed by atoms with Crippen LogP contribution >= 0.6 is 0 Å². The van der Waals surface area contributed by atoms with Gasteiger partial charge in [-0.3, -0.25) is 4.79 Å². The van der Waals surface area contributed by atoms with Gasteiger partial charge in [0.15, 0.2) is 11.5 Å². The van der Waals surface area contributed by atoms with Gasteiger partial charge < -0.3 is 19.1 Å². The largest absolute Gasteiger partial charge is 0.454 e. The van der Waals surface area contributed by atoms with Crippen LogP contribution in [0.2, 0.25) is 0 Å². The van der Waals surface area contributed by atoms with Crippen molar-refractivity contribution in [2.45, 2.75) is 6.92 Å². The van der Waals surface area contributed by atoms with Crippen LogP contribution < -0.4 is 14.5 Å². The molecule has 5 rings (SSSR count). The van der Waals surface area contributed by atoms with Crippen molar-refractivity contribution >= 4 is 23.0 Å². The van der Waals surface area contributed by atoms with E-state index in [2.05, 4.69) is 10.0 Å². The number of fused-ring (bicyclic) bond motifs is 1. The standard InChI is InChI=1S/C22H21N3O4/c1-15-20(22(26)25(23-15)17-5-3-2-4-6-17)21(24-9-11-27-12-10-24)16-7-8-18-19(13-16)29-14-28-18/h2-8,13H,9-12,14H2,1H3/b21-20+. The SMILES string of the molecule is CC1=NN(c2ccccc2)C(=O)/C1=C(\c1ccc2c(c1)OCO2)N1CCOCC1. The second kappa shape index (κ2) is 7.25. The second-order valence-corrected chi connectivity index (χ2v) is 7.03. The van der Waals surface area contributed by atoms with Gasteiger partial charge in [-0.2, -0.15) is 10.1 Å². The molecule has 29 heavy (non-hydrogen) atoms. The van der Waals surface area contributed by atoms with Crippen LogP contribution in [-0.4, -0.2) is 49.6 Å². The molecular weight excluding hydrogens is 370 g/mol. The number of amides is 1. The Kier molecular flexibility index (Phi) is 4.44. The molecule has 1 saturated heterocycles. The Balaban J connectivity index is 1.63. The molecule has 7 nitrogen and oxygen atoms in total. The number of rotatable bonds is 3. The lowest BCUT2D eigenvalue weighted by Gasteiger charge is -2.32. The summed E-state index contributed by atoms with van der Waals surface area (Å²) >= 11 is 0. The molecule has 148 valence electrons. The monoisotopic (exact) mass is 391 g/mol. The Morgan fingerprint density at radius 1 is 1.00 bits per heavy atom. The number of nitrogens with zero attached hydrogens (tertiary/aromatic N) is 3. The zero-order chi connectivity index (χ0) is 19.8. The van der Waals surface area contributed by atoms with Gasteiger partial charge in [0.2, 0.25) is 6.79 Å². The van der Waals surface area contributed by atoms with Crippen LogP contribution in [0.4, 0.5) is 5.69 Å². The van der Waals surface area contributed by atoms with E-state index in [-0.39, 0.29) is 12.7 Å². The van der Waals surface area contributed by atoms with Gasteiger partial charge in [-0.25, -0.2) is 0 Å². The number of ether oxygens (including phenoxy) is 3. The highest BCUT2D eigenvalue weighted by atomic mass is 16.7. The first-order valence-corrected chi connectivity index (χ1v) is 9.64. The van der Waals surface area contributed by atoms with E-state index in [1.807, 2.05) is 55.5 Å². The van der Waals surface area contributed by atoms with E-state index in [1.54, 1.807) is 0 Å². The summed E-state index contributed by atoms with van der Waals surface area (Å²) in [7, 11) is 0. The van der Waals surface area contributed by atoms with E-state index in [9.17, 15) is 4.79 Å². The minimum absolute atomic E-state index is 0.132. The second-order valence-electron chi connectivity index (χ2n) is 7.03. The summed E-state index contributed by atoms with van der Waals surface area (Å²) in [5.74, 6) is 1.27. The van der Waals surface area contributed by atoms with Crippen LogP contribution in [0, 0.1) is 0 Å². The minimum Gasteiger partial charge on any atom is -0.454 e. The van der Waals surface area contributed by atoms with E-state index < -0.39 is 0 Å². The van der Waals surface area contributed by atoms with Crippen molar-refractivity contribution in [1.82, 2.24) is 4.90 Å². The van der Waals surface area contributed by atoms with E-state index in [1.165, 1.54) is 5.01 Å². The van der Waals surface area contributed by atoms with Gasteiger partial charge >= 0.3 is 0 Å². The van der Waals surface area contributed by atoms with Gasteiger partial charge in [0.25, 0.3) is 5.91 Å². The van der Waals surface area contributed by atoms with Gasteiger partial charge in [-0.15, -0.1) is 0 Å². The van der Waals surface area contributed by atoms with Crippen molar-refractivity contribution in [1.29, 1.82) is 0 Å². The summed E-state index contributed by atoms with van der Waals surface area (Å²) in [5.41, 5.74) is 3.81. The fourth-order valence-electron chi connectivity index (χ4n) is 3.84. The predicted octanol–water partition coefficient (Wildman–Crippen LogP) is 2.88. The molecule has 1 amide bonds. The Bertz CT molecular complexity index is 1010. The summed E-state index contributed by atoms with van der Waals surface area (Å²) in [5, 5.41) is 6.03. The van der Waals surface area contributed by atoms with Crippen molar-refractivity contribution in [3.63, 3.8) is 0 Å². The highest BCUT2D eigenvalue weighted by molar-refractivity contribution is 6.33. The lowest BCUT2D eigenvalue weighted by molar-refractivity contribution is -0.114. The molecule has 3 aliphatic rings. The fourth-order valence-corrected chi connectivity index (χ4v) is 3.84. The molecule has 7 heteroatoms. The van der Waals surface area contributed by atoms with Crippen molar-refractivity contribution in [3.8, 4) is 11.5 Å². The molecule has 0 aromatic heterocycles. The molecule has 2 aromatic carbocycles. The average molecular weight is 391 g/mol. The van der Waals surface area contributed by atoms with Crippen molar-refractivity contribution in [2.75, 3.05) is 38.1 Å². The minimum atomic E-state index is -0.132. The van der Waals surface area contributed by atoms with E-state index in [0.29, 0.717) is 49.1 Å². The molecule has 0 radical (unpaired) electrons. The molecule has 0 unspecified atom stereocenters. The van der Waals surface area contributed by atoms with Crippen molar-refractivity contribution in [3.05, 3.63) is 59.7 Å². The third-order valence-corrected chi connectivity index (χ3v) is 5.23. The highest BCUT2D eigenvalue weighted by Crippen LogP contribution is 2.38. The summed E-state index contributed by atoms with van der Waals surface area (Å²) in [4.78, 5) is 15.6. The Morgan fingerprint density at radius 3 is 2.55 bits per heavy atom. The normalized spacial score (nSPS) is 20.2. The number of hydrogen-bond acceptors (Lipinski definition) is 6. The fraction of sp³-hybridized carbons (Fsp3) is 0.273. The van der Waals surface area contributed by atoms with Crippen LogP contribution in [-0.2, 0) is 9.53 Å². The molecule has 0 atom stereocenters. The summed E-state index contributed by atoms with van der Waals surface area (Å²) in [6.07, 6.45) is 0. The molecule has 0 spiro atoms. The number of hydrazone groups is 1. The number of morpholine rings is 1. The van der Waals surface area contributed by atoms with Crippen molar-refractivity contribution < 1.29 is 19.0 Å². The summed E-state index contributed by atoms with van der Waals surface area (Å²) < 4.78 is 16.6. The molecule has 0 aliphatic carbocycles. The van der Waals surface area contributed by atoms with Gasteiger partial charge in [0.05, 0.1) is 35.9 Å². The topological polar surface area (TPSA) is 63.6 Å². The summed E-state index contributed by atoms with van der Waals surface area (Å²) in [6.45, 7) is 4.74. The van der Waals surface area contributed by atoms with Gasteiger partial charge in [-0.1, -0.05) is 18.2 Å². The summed E-state index contributed by atoms with van der Waals surface area (Å²) in [6, 6.07) is 15.3. The van der Waals surface area contributed by atoms with Crippen LogP contribution in [0.15, 0.2) is 59.2 Å². The third-order valence-electron chi connectivity index (χ3n) is 5.23. The average Bonchev–Trinajstić information content (AvgIpc) is 3.35. The van der Waals surface area contributed by atoms with Gasteiger partial charge in [-0.05, 0) is 37.3 Å². The first kappa shape index (κ1) is 17.8. The van der Waals surface area contributed by atoms with E-state index in [0.717, 1.165) is 16.9 Å². The zero-order valence-electron chi connectivity index (χ0n) is 16.1. The zero-order valence-corrected chi connectivity index (χ0v) is 16.1. The lowest BCUT2D eigenvalue weighted by Crippen LogP contribution is -2.37. The molecular formula is C22H21N3O4. The number of anilines is 1. The Morgan fingerprint density at radius 2 is 1.76 bits per heavy atom. The number of hydrogen-bond donors (Lipinski definition) is 0. The first-order chi connectivity index (χ1) is 14.2. The predicted molar refractivity (Wildman–Crippen MR) is 109 cm³/mol. The number of para-hydroxylation sites is 1. The number of benzene rings is 2. The van der Waals surface area contributed by atoms with Crippen molar-refractivity contribution in [2.24, 2.45) is 5.10 Å². The maximum atomic E-state index is 13.4. The molecule has 3 heterocycles. The molecule has 3 aliphatic heterocycles. The molecule has 0 bridgehead atoms.